The summed E-state index contributed by atoms with van der Waals surface area (Å²) in [5, 5.41) is 4.42. The minimum Gasteiger partial charge on any atom is -0.256 e. The molecule has 0 bridgehead atoms. The molecule has 0 saturated heterocycles. The number of rotatable bonds is 6. The van der Waals surface area contributed by atoms with Crippen LogP contribution < -0.4 is 5.19 Å². The standard InChI is InChI=1S/C29H39NSi/c1-19(2)16-31(17-20(3)4)18-22(7)27-15-30-28(14-29(27)31)24-12-23-10-8-9-11-25(23)26(13-24)21(5)6/h8-15,19-22H,16-18H2,1-7H3. The fraction of sp³-hybridized carbons (Fsp3) is 0.483. The number of pyridine rings is 1. The summed E-state index contributed by atoms with van der Waals surface area (Å²) in [6.07, 6.45) is 2.23. The van der Waals surface area contributed by atoms with Gasteiger partial charge in [-0.1, -0.05) is 90.0 Å². The SMILES string of the molecule is CC(C)C[Si]1(CC(C)C)CC(C)c2cnc(-c3cc(C(C)C)c4ccccc4c3)cc21. The Hall–Kier alpha value is -1.93. The first-order chi connectivity index (χ1) is 14.7. The van der Waals surface area contributed by atoms with Crippen molar-refractivity contribution in [1.82, 2.24) is 4.98 Å². The lowest BCUT2D eigenvalue weighted by molar-refractivity contribution is 0.676. The molecule has 31 heavy (non-hydrogen) atoms. The largest absolute Gasteiger partial charge is 0.256 e. The molecular weight excluding hydrogens is 390 g/mol. The zero-order chi connectivity index (χ0) is 22.3. The normalized spacial score (nSPS) is 17.8. The Kier molecular flexibility index (Phi) is 6.13. The van der Waals surface area contributed by atoms with Crippen LogP contribution in [-0.2, 0) is 0 Å². The van der Waals surface area contributed by atoms with Gasteiger partial charge in [0.25, 0.3) is 0 Å². The van der Waals surface area contributed by atoms with Gasteiger partial charge in [-0.05, 0) is 69.8 Å². The van der Waals surface area contributed by atoms with Crippen LogP contribution in [-0.4, -0.2) is 13.1 Å². The summed E-state index contributed by atoms with van der Waals surface area (Å²) in [6, 6.07) is 20.3. The van der Waals surface area contributed by atoms with E-state index in [0.717, 1.165) is 11.8 Å². The predicted molar refractivity (Wildman–Crippen MR) is 139 cm³/mol. The molecule has 3 aromatic rings. The molecule has 0 saturated carbocycles. The fourth-order valence-electron chi connectivity index (χ4n) is 6.28. The Morgan fingerprint density at radius 1 is 0.935 bits per heavy atom. The van der Waals surface area contributed by atoms with Crippen molar-refractivity contribution in [3.05, 3.63) is 59.8 Å². The Morgan fingerprint density at radius 3 is 2.26 bits per heavy atom. The van der Waals surface area contributed by atoms with Gasteiger partial charge in [0.1, 0.15) is 0 Å². The average molecular weight is 430 g/mol. The second-order valence-electron chi connectivity index (χ2n) is 11.2. The van der Waals surface area contributed by atoms with Crippen LogP contribution in [0.25, 0.3) is 22.0 Å². The van der Waals surface area contributed by atoms with Crippen LogP contribution in [0.4, 0.5) is 0 Å². The van der Waals surface area contributed by atoms with Crippen molar-refractivity contribution in [2.45, 2.75) is 78.4 Å². The number of benzene rings is 2. The maximum atomic E-state index is 5.02. The molecule has 2 aromatic carbocycles. The molecule has 0 spiro atoms. The Labute approximate surface area is 190 Å². The molecule has 1 unspecified atom stereocenters. The van der Waals surface area contributed by atoms with Gasteiger partial charge >= 0.3 is 0 Å². The highest BCUT2D eigenvalue weighted by atomic mass is 28.3. The van der Waals surface area contributed by atoms with Crippen LogP contribution in [0.1, 0.15) is 71.4 Å². The van der Waals surface area contributed by atoms with Gasteiger partial charge in [-0.15, -0.1) is 0 Å². The summed E-state index contributed by atoms with van der Waals surface area (Å²) < 4.78 is 0. The van der Waals surface area contributed by atoms with E-state index in [-0.39, 0.29) is 0 Å². The molecule has 0 radical (unpaired) electrons. The van der Waals surface area contributed by atoms with Gasteiger partial charge < -0.3 is 0 Å². The quantitative estimate of drug-likeness (QED) is 0.361. The molecule has 0 N–H and O–H groups in total. The first kappa shape index (κ1) is 22.3. The van der Waals surface area contributed by atoms with Crippen molar-refractivity contribution < 1.29 is 0 Å². The molecule has 1 aliphatic heterocycles. The van der Waals surface area contributed by atoms with E-state index >= 15 is 0 Å². The highest BCUT2D eigenvalue weighted by molar-refractivity contribution is 6.93. The van der Waals surface area contributed by atoms with Crippen LogP contribution in [0.3, 0.4) is 0 Å². The fourth-order valence-corrected chi connectivity index (χ4v) is 13.3. The van der Waals surface area contributed by atoms with Crippen LogP contribution >= 0.6 is 0 Å². The summed E-state index contributed by atoms with van der Waals surface area (Å²) in [4.78, 5) is 5.02. The van der Waals surface area contributed by atoms with Gasteiger partial charge in [0, 0.05) is 11.8 Å². The molecule has 164 valence electrons. The second kappa shape index (κ2) is 8.54. The number of aromatic nitrogens is 1. The van der Waals surface area contributed by atoms with Crippen molar-refractivity contribution in [2.75, 3.05) is 0 Å². The van der Waals surface area contributed by atoms with E-state index in [1.807, 2.05) is 0 Å². The summed E-state index contributed by atoms with van der Waals surface area (Å²) in [5.41, 5.74) is 5.42. The molecule has 0 amide bonds. The lowest BCUT2D eigenvalue weighted by Gasteiger charge is -2.32. The van der Waals surface area contributed by atoms with E-state index < -0.39 is 8.07 Å². The lowest BCUT2D eigenvalue weighted by atomic mass is 9.92. The summed E-state index contributed by atoms with van der Waals surface area (Å²) >= 11 is 0. The van der Waals surface area contributed by atoms with Crippen LogP contribution in [0, 0.1) is 11.8 Å². The summed E-state index contributed by atoms with van der Waals surface area (Å²) in [6.45, 7) is 16.7. The van der Waals surface area contributed by atoms with Crippen molar-refractivity contribution >= 4 is 24.0 Å². The first-order valence-corrected chi connectivity index (χ1v) is 14.9. The molecule has 2 heteroatoms. The minimum atomic E-state index is -1.54. The molecule has 1 aliphatic rings. The average Bonchev–Trinajstić information content (AvgIpc) is 2.96. The van der Waals surface area contributed by atoms with Crippen molar-refractivity contribution in [1.29, 1.82) is 0 Å². The topological polar surface area (TPSA) is 12.9 Å². The number of fused-ring (bicyclic) bond motifs is 2. The van der Waals surface area contributed by atoms with Crippen molar-refractivity contribution in [3.8, 4) is 11.3 Å². The summed E-state index contributed by atoms with van der Waals surface area (Å²) in [5.74, 6) is 2.67. The van der Waals surface area contributed by atoms with Gasteiger partial charge in [0.05, 0.1) is 13.8 Å². The van der Waals surface area contributed by atoms with Gasteiger partial charge in [-0.2, -0.15) is 0 Å². The monoisotopic (exact) mass is 429 g/mol. The zero-order valence-corrected chi connectivity index (χ0v) is 21.5. The number of nitrogens with zero attached hydrogens (tertiary/aromatic N) is 1. The summed E-state index contributed by atoms with van der Waals surface area (Å²) in [7, 11) is -1.54. The number of hydrogen-bond acceptors (Lipinski definition) is 1. The molecule has 0 aliphatic carbocycles. The molecule has 1 nitrogen and oxygen atoms in total. The van der Waals surface area contributed by atoms with E-state index in [9.17, 15) is 0 Å². The molecule has 2 heterocycles. The molecule has 4 rings (SSSR count). The van der Waals surface area contributed by atoms with E-state index in [0.29, 0.717) is 11.8 Å². The molecule has 1 aromatic heterocycles. The zero-order valence-electron chi connectivity index (χ0n) is 20.5. The molecule has 0 fully saturated rings. The maximum Gasteiger partial charge on any atom is 0.0883 e. The van der Waals surface area contributed by atoms with Crippen LogP contribution in [0.15, 0.2) is 48.7 Å². The smallest absolute Gasteiger partial charge is 0.0883 e. The minimum absolute atomic E-state index is 0.495. The van der Waals surface area contributed by atoms with E-state index in [1.165, 1.54) is 45.7 Å². The molecular formula is C29H39NSi. The van der Waals surface area contributed by atoms with Gasteiger partial charge in [-0.25, -0.2) is 0 Å². The van der Waals surface area contributed by atoms with Crippen molar-refractivity contribution in [2.24, 2.45) is 11.8 Å². The third-order valence-corrected chi connectivity index (χ3v) is 13.3. The number of hydrogen-bond donors (Lipinski definition) is 0. The van der Waals surface area contributed by atoms with Gasteiger partial charge in [-0.3, -0.25) is 4.98 Å². The van der Waals surface area contributed by atoms with Crippen LogP contribution in [0.5, 0.6) is 0 Å². The second-order valence-corrected chi connectivity index (χ2v) is 15.5. The van der Waals surface area contributed by atoms with E-state index in [1.54, 1.807) is 10.8 Å². The Morgan fingerprint density at radius 2 is 1.61 bits per heavy atom. The van der Waals surface area contributed by atoms with Gasteiger partial charge in [0.15, 0.2) is 0 Å². The van der Waals surface area contributed by atoms with Crippen molar-refractivity contribution in [3.63, 3.8) is 0 Å². The van der Waals surface area contributed by atoms with E-state index in [4.69, 9.17) is 4.98 Å². The lowest BCUT2D eigenvalue weighted by Crippen LogP contribution is -2.47. The Bertz CT molecular complexity index is 1060. The van der Waals surface area contributed by atoms with Crippen LogP contribution in [0.2, 0.25) is 18.1 Å². The van der Waals surface area contributed by atoms with Gasteiger partial charge in [0.2, 0.25) is 0 Å². The predicted octanol–water partition coefficient (Wildman–Crippen LogP) is 8.11. The third kappa shape index (κ3) is 4.24. The van der Waals surface area contributed by atoms with E-state index in [2.05, 4.69) is 97.1 Å². The highest BCUT2D eigenvalue weighted by Crippen LogP contribution is 2.42. The highest BCUT2D eigenvalue weighted by Gasteiger charge is 2.45. The third-order valence-electron chi connectivity index (χ3n) is 7.14. The first-order valence-electron chi connectivity index (χ1n) is 12.2. The Balaban J connectivity index is 1.88. The molecule has 1 atom stereocenters. The maximum absolute atomic E-state index is 5.02.